The predicted molar refractivity (Wildman–Crippen MR) is 93.0 cm³/mol. The number of likely N-dealkylation sites (tertiary alicyclic amines) is 1. The van der Waals surface area contributed by atoms with Crippen LogP contribution in [0.1, 0.15) is 5.56 Å². The molecular weight excluding hydrogens is 300 g/mol. The summed E-state index contributed by atoms with van der Waals surface area (Å²) in [6.07, 6.45) is 5.03. The first kappa shape index (κ1) is 15.6. The zero-order chi connectivity index (χ0) is 16.2. The number of pyridine rings is 1. The van der Waals surface area contributed by atoms with Crippen molar-refractivity contribution in [2.45, 2.75) is 12.5 Å². The SMILES string of the molecule is c1ccc(CCN2C[C@H]3[C@@H](COc4ccncc4)CO[C@H]3C2)cc1. The number of benzene rings is 1. The molecule has 0 saturated carbocycles. The van der Waals surface area contributed by atoms with Crippen LogP contribution in [-0.2, 0) is 11.2 Å². The van der Waals surface area contributed by atoms with Crippen molar-refractivity contribution >= 4 is 0 Å². The van der Waals surface area contributed by atoms with E-state index in [1.165, 1.54) is 5.56 Å². The maximum absolute atomic E-state index is 6.03. The lowest BCUT2D eigenvalue weighted by Gasteiger charge is -2.20. The Hall–Kier alpha value is -1.91. The lowest BCUT2D eigenvalue weighted by atomic mass is 9.94. The lowest BCUT2D eigenvalue weighted by Crippen LogP contribution is -2.28. The third-order valence-electron chi connectivity index (χ3n) is 5.19. The fourth-order valence-corrected chi connectivity index (χ4v) is 3.80. The molecule has 126 valence electrons. The van der Waals surface area contributed by atoms with Crippen molar-refractivity contribution in [3.8, 4) is 5.75 Å². The number of rotatable bonds is 6. The minimum Gasteiger partial charge on any atom is -0.493 e. The Bertz CT molecular complexity index is 635. The molecule has 4 rings (SSSR count). The fraction of sp³-hybridized carbons (Fsp3) is 0.450. The van der Waals surface area contributed by atoms with E-state index in [1.54, 1.807) is 12.4 Å². The first-order chi connectivity index (χ1) is 11.9. The van der Waals surface area contributed by atoms with Crippen LogP contribution < -0.4 is 4.74 Å². The van der Waals surface area contributed by atoms with Gasteiger partial charge in [0.1, 0.15) is 5.75 Å². The fourth-order valence-electron chi connectivity index (χ4n) is 3.80. The van der Waals surface area contributed by atoms with Gasteiger partial charge in [-0.15, -0.1) is 0 Å². The Morgan fingerprint density at radius 1 is 1.08 bits per heavy atom. The monoisotopic (exact) mass is 324 g/mol. The molecule has 0 bridgehead atoms. The zero-order valence-corrected chi connectivity index (χ0v) is 13.9. The van der Waals surface area contributed by atoms with Crippen molar-refractivity contribution in [3.63, 3.8) is 0 Å². The predicted octanol–water partition coefficient (Wildman–Crippen LogP) is 2.65. The molecule has 3 atom stereocenters. The molecule has 2 saturated heterocycles. The van der Waals surface area contributed by atoms with Crippen LogP contribution in [0.3, 0.4) is 0 Å². The van der Waals surface area contributed by atoms with Gasteiger partial charge in [-0.05, 0) is 24.1 Å². The van der Waals surface area contributed by atoms with Gasteiger partial charge in [-0.3, -0.25) is 4.98 Å². The average molecular weight is 324 g/mol. The van der Waals surface area contributed by atoms with Crippen molar-refractivity contribution in [3.05, 3.63) is 60.4 Å². The van der Waals surface area contributed by atoms with Crippen LogP contribution >= 0.6 is 0 Å². The lowest BCUT2D eigenvalue weighted by molar-refractivity contribution is 0.0910. The van der Waals surface area contributed by atoms with E-state index in [0.717, 1.165) is 45.0 Å². The number of nitrogens with zero attached hydrogens (tertiary/aromatic N) is 2. The number of ether oxygens (including phenoxy) is 2. The molecule has 0 radical (unpaired) electrons. The molecule has 2 aliphatic heterocycles. The number of hydrogen-bond donors (Lipinski definition) is 0. The molecule has 2 fully saturated rings. The summed E-state index contributed by atoms with van der Waals surface area (Å²) in [6.45, 7) is 4.86. The first-order valence-electron chi connectivity index (χ1n) is 8.79. The minimum atomic E-state index is 0.381. The van der Waals surface area contributed by atoms with Crippen LogP contribution in [-0.4, -0.2) is 48.8 Å². The summed E-state index contributed by atoms with van der Waals surface area (Å²) in [5.74, 6) is 1.99. The Labute approximate surface area is 143 Å². The average Bonchev–Trinajstić information content (AvgIpc) is 3.20. The van der Waals surface area contributed by atoms with E-state index >= 15 is 0 Å². The molecule has 3 heterocycles. The van der Waals surface area contributed by atoms with Crippen LogP contribution in [0.2, 0.25) is 0 Å². The number of aromatic nitrogens is 1. The summed E-state index contributed by atoms with van der Waals surface area (Å²) in [6, 6.07) is 14.5. The molecule has 1 aromatic heterocycles. The van der Waals surface area contributed by atoms with Crippen molar-refractivity contribution in [2.75, 3.05) is 32.8 Å². The second kappa shape index (κ2) is 7.32. The van der Waals surface area contributed by atoms with Gasteiger partial charge in [-0.25, -0.2) is 0 Å². The van der Waals surface area contributed by atoms with Gasteiger partial charge >= 0.3 is 0 Å². The molecule has 1 aromatic carbocycles. The summed E-state index contributed by atoms with van der Waals surface area (Å²) in [4.78, 5) is 6.56. The van der Waals surface area contributed by atoms with Gasteiger partial charge in [0.2, 0.25) is 0 Å². The van der Waals surface area contributed by atoms with E-state index in [1.807, 2.05) is 12.1 Å². The number of fused-ring (bicyclic) bond motifs is 1. The number of hydrogen-bond acceptors (Lipinski definition) is 4. The van der Waals surface area contributed by atoms with E-state index in [0.29, 0.717) is 17.9 Å². The van der Waals surface area contributed by atoms with Gasteiger partial charge < -0.3 is 14.4 Å². The molecule has 2 aromatic rings. The molecule has 0 spiro atoms. The zero-order valence-electron chi connectivity index (χ0n) is 13.9. The second-order valence-electron chi connectivity index (χ2n) is 6.78. The van der Waals surface area contributed by atoms with Crippen LogP contribution in [0.15, 0.2) is 54.9 Å². The summed E-state index contributed by atoms with van der Waals surface area (Å²) in [5.41, 5.74) is 1.41. The highest BCUT2D eigenvalue weighted by Crippen LogP contribution is 2.34. The standard InChI is InChI=1S/C20H24N2O2/c1-2-4-16(5-3-1)8-11-22-12-19-17(15-24-20(19)13-22)14-23-18-6-9-21-10-7-18/h1-7,9-10,17,19-20H,8,11-15H2/t17-,19-,20-/m0/s1. The minimum absolute atomic E-state index is 0.381. The molecule has 0 N–H and O–H groups in total. The highest BCUT2D eigenvalue weighted by Gasteiger charge is 2.43. The summed E-state index contributed by atoms with van der Waals surface area (Å²) in [5, 5.41) is 0. The first-order valence-corrected chi connectivity index (χ1v) is 8.79. The molecule has 4 heteroatoms. The van der Waals surface area contributed by atoms with Crippen LogP contribution in [0.25, 0.3) is 0 Å². The van der Waals surface area contributed by atoms with Crippen molar-refractivity contribution in [1.29, 1.82) is 0 Å². The molecule has 4 nitrogen and oxygen atoms in total. The van der Waals surface area contributed by atoms with Crippen LogP contribution in [0.4, 0.5) is 0 Å². The largest absolute Gasteiger partial charge is 0.493 e. The van der Waals surface area contributed by atoms with Crippen molar-refractivity contribution in [1.82, 2.24) is 9.88 Å². The van der Waals surface area contributed by atoms with Crippen LogP contribution in [0.5, 0.6) is 5.75 Å². The quantitative estimate of drug-likeness (QED) is 0.818. The third-order valence-corrected chi connectivity index (χ3v) is 5.19. The van der Waals surface area contributed by atoms with Gasteiger partial charge in [-0.2, -0.15) is 0 Å². The topological polar surface area (TPSA) is 34.6 Å². The highest BCUT2D eigenvalue weighted by molar-refractivity contribution is 5.17. The van der Waals surface area contributed by atoms with E-state index < -0.39 is 0 Å². The maximum atomic E-state index is 6.03. The van der Waals surface area contributed by atoms with Gasteiger partial charge in [0.05, 0.1) is 19.3 Å². The summed E-state index contributed by atoms with van der Waals surface area (Å²) >= 11 is 0. The van der Waals surface area contributed by atoms with Gasteiger partial charge in [-0.1, -0.05) is 30.3 Å². The smallest absolute Gasteiger partial charge is 0.122 e. The van der Waals surface area contributed by atoms with Gasteiger partial charge in [0.15, 0.2) is 0 Å². The van der Waals surface area contributed by atoms with Crippen LogP contribution in [0, 0.1) is 11.8 Å². The highest BCUT2D eigenvalue weighted by atomic mass is 16.5. The third kappa shape index (κ3) is 3.60. The molecule has 24 heavy (non-hydrogen) atoms. The van der Waals surface area contributed by atoms with E-state index in [9.17, 15) is 0 Å². The molecular formula is C20H24N2O2. The molecule has 0 amide bonds. The Kier molecular flexibility index (Phi) is 4.76. The maximum Gasteiger partial charge on any atom is 0.122 e. The summed E-state index contributed by atoms with van der Waals surface area (Å²) < 4.78 is 12.0. The molecule has 0 unspecified atom stereocenters. The van der Waals surface area contributed by atoms with Crippen molar-refractivity contribution in [2.24, 2.45) is 11.8 Å². The Morgan fingerprint density at radius 2 is 1.92 bits per heavy atom. The second-order valence-corrected chi connectivity index (χ2v) is 6.78. The van der Waals surface area contributed by atoms with E-state index in [4.69, 9.17) is 9.47 Å². The molecule has 2 aliphatic rings. The van der Waals surface area contributed by atoms with Gasteiger partial charge in [0, 0.05) is 43.9 Å². The van der Waals surface area contributed by atoms with Gasteiger partial charge in [0.25, 0.3) is 0 Å². The summed E-state index contributed by atoms with van der Waals surface area (Å²) in [7, 11) is 0. The van der Waals surface area contributed by atoms with E-state index in [-0.39, 0.29) is 0 Å². The van der Waals surface area contributed by atoms with Crippen molar-refractivity contribution < 1.29 is 9.47 Å². The Balaban J connectivity index is 1.27. The molecule has 0 aliphatic carbocycles. The van der Waals surface area contributed by atoms with E-state index in [2.05, 4.69) is 40.2 Å². The Morgan fingerprint density at radius 3 is 2.75 bits per heavy atom. The normalized spacial score (nSPS) is 26.4.